The van der Waals surface area contributed by atoms with Gasteiger partial charge in [-0.05, 0) is 31.5 Å². The molecule has 1 aliphatic carbocycles. The molecule has 0 saturated carbocycles. The maximum Gasteiger partial charge on any atom is 0.293 e. The van der Waals surface area contributed by atoms with Crippen LogP contribution in [0.3, 0.4) is 0 Å². The average molecular weight is 257 g/mol. The third-order valence-electron chi connectivity index (χ3n) is 2.76. The molecule has 1 aliphatic rings. The molecule has 0 amide bonds. The van der Waals surface area contributed by atoms with Crippen LogP contribution in [0.15, 0.2) is 23.6 Å². The van der Waals surface area contributed by atoms with Gasteiger partial charge >= 0.3 is 0 Å². The van der Waals surface area contributed by atoms with Crippen molar-refractivity contribution in [2.75, 3.05) is 7.05 Å². The van der Waals surface area contributed by atoms with Crippen molar-refractivity contribution in [1.29, 1.82) is 0 Å². The molecule has 0 saturated heterocycles. The van der Waals surface area contributed by atoms with Crippen LogP contribution in [0.4, 0.5) is 4.39 Å². The molecule has 0 spiro atoms. The number of hydrogen-bond donors (Lipinski definition) is 1. The smallest absolute Gasteiger partial charge is 0.293 e. The number of nitrogens with one attached hydrogen (secondary N) is 1. The lowest BCUT2D eigenvalue weighted by atomic mass is 9.92. The van der Waals surface area contributed by atoms with Gasteiger partial charge in [0, 0.05) is 12.5 Å². The molecule has 3 nitrogen and oxygen atoms in total. The molecule has 0 bridgehead atoms. The molecular formula is C14H24FNO2. The van der Waals surface area contributed by atoms with E-state index >= 15 is 0 Å². The van der Waals surface area contributed by atoms with Gasteiger partial charge in [-0.25, -0.2) is 4.39 Å². The first-order valence-corrected chi connectivity index (χ1v) is 6.42. The Balaban J connectivity index is 0.00000137. The van der Waals surface area contributed by atoms with E-state index in [0.717, 1.165) is 5.57 Å². The first kappa shape index (κ1) is 16.8. The number of carbonyl (C=O) groups is 1. The van der Waals surface area contributed by atoms with Gasteiger partial charge in [0.15, 0.2) is 0 Å². The van der Waals surface area contributed by atoms with Crippen molar-refractivity contribution >= 4 is 6.47 Å². The van der Waals surface area contributed by atoms with Crippen LogP contribution >= 0.6 is 0 Å². The van der Waals surface area contributed by atoms with Crippen LogP contribution in [-0.2, 0) is 9.53 Å². The third kappa shape index (κ3) is 5.00. The van der Waals surface area contributed by atoms with Crippen LogP contribution in [0.2, 0.25) is 0 Å². The SMILES string of the molecule is CC.CNC(C)C(OC=O)C1=CC(C)CC(F)=C1. The molecule has 0 fully saturated rings. The summed E-state index contributed by atoms with van der Waals surface area (Å²) < 4.78 is 18.3. The number of rotatable bonds is 5. The molecule has 18 heavy (non-hydrogen) atoms. The van der Waals surface area contributed by atoms with Gasteiger partial charge in [0.25, 0.3) is 6.47 Å². The van der Waals surface area contributed by atoms with E-state index in [9.17, 15) is 9.18 Å². The van der Waals surface area contributed by atoms with Crippen LogP contribution in [-0.4, -0.2) is 25.7 Å². The highest BCUT2D eigenvalue weighted by Gasteiger charge is 2.24. The normalized spacial score (nSPS) is 21.8. The lowest BCUT2D eigenvalue weighted by Crippen LogP contribution is -2.38. The maximum atomic E-state index is 13.3. The summed E-state index contributed by atoms with van der Waals surface area (Å²) in [7, 11) is 1.78. The Labute approximate surface area is 109 Å². The fraction of sp³-hybridized carbons (Fsp3) is 0.643. The molecular weight excluding hydrogens is 233 g/mol. The van der Waals surface area contributed by atoms with E-state index in [1.54, 1.807) is 7.05 Å². The summed E-state index contributed by atoms with van der Waals surface area (Å²) in [6.45, 7) is 8.24. The summed E-state index contributed by atoms with van der Waals surface area (Å²) >= 11 is 0. The molecule has 0 radical (unpaired) electrons. The molecule has 4 heteroatoms. The largest absolute Gasteiger partial charge is 0.458 e. The summed E-state index contributed by atoms with van der Waals surface area (Å²) in [6, 6.07) is -0.0502. The lowest BCUT2D eigenvalue weighted by Gasteiger charge is -2.26. The van der Waals surface area contributed by atoms with Crippen molar-refractivity contribution in [3.63, 3.8) is 0 Å². The first-order chi connectivity index (χ1) is 8.58. The van der Waals surface area contributed by atoms with Crippen molar-refractivity contribution in [2.45, 2.75) is 46.3 Å². The first-order valence-electron chi connectivity index (χ1n) is 6.42. The van der Waals surface area contributed by atoms with Crippen molar-refractivity contribution in [1.82, 2.24) is 5.32 Å². The molecule has 104 valence electrons. The van der Waals surface area contributed by atoms with Gasteiger partial charge in [-0.1, -0.05) is 26.8 Å². The Morgan fingerprint density at radius 3 is 2.61 bits per heavy atom. The summed E-state index contributed by atoms with van der Waals surface area (Å²) in [5.41, 5.74) is 0.727. The Morgan fingerprint density at radius 2 is 2.17 bits per heavy atom. The minimum Gasteiger partial charge on any atom is -0.458 e. The van der Waals surface area contributed by atoms with Gasteiger partial charge < -0.3 is 10.1 Å². The summed E-state index contributed by atoms with van der Waals surface area (Å²) in [5.74, 6) is -0.0189. The van der Waals surface area contributed by atoms with Crippen molar-refractivity contribution in [2.24, 2.45) is 5.92 Å². The number of hydrogen-bond acceptors (Lipinski definition) is 3. The van der Waals surface area contributed by atoms with E-state index in [-0.39, 0.29) is 17.8 Å². The number of halogens is 1. The Hall–Kier alpha value is -1.16. The molecule has 0 heterocycles. The van der Waals surface area contributed by atoms with Crippen molar-refractivity contribution < 1.29 is 13.9 Å². The lowest BCUT2D eigenvalue weighted by molar-refractivity contribution is -0.132. The van der Waals surface area contributed by atoms with Crippen LogP contribution in [0, 0.1) is 5.92 Å². The van der Waals surface area contributed by atoms with Gasteiger partial charge in [0.05, 0.1) is 0 Å². The van der Waals surface area contributed by atoms with Crippen LogP contribution in [0.25, 0.3) is 0 Å². The van der Waals surface area contributed by atoms with Gasteiger partial charge in [-0.15, -0.1) is 0 Å². The van der Waals surface area contributed by atoms with Gasteiger partial charge in [0.2, 0.25) is 0 Å². The monoisotopic (exact) mass is 257 g/mol. The number of carbonyl (C=O) groups excluding carboxylic acids is 1. The Kier molecular flexibility index (Phi) is 8.29. The predicted octanol–water partition coefficient (Wildman–Crippen LogP) is 2.98. The fourth-order valence-electron chi connectivity index (χ4n) is 1.86. The zero-order valence-corrected chi connectivity index (χ0v) is 11.9. The molecule has 0 aromatic carbocycles. The van der Waals surface area contributed by atoms with Gasteiger partial charge in [0.1, 0.15) is 11.9 Å². The van der Waals surface area contributed by atoms with E-state index in [1.165, 1.54) is 6.08 Å². The standard InChI is InChI=1S/C12H18FNO2.C2H6/c1-8-4-10(6-11(13)5-8)12(16-7-15)9(2)14-3;1-2/h4,6-9,12,14H,5H2,1-3H3;1-2H3. The van der Waals surface area contributed by atoms with E-state index in [2.05, 4.69) is 5.32 Å². The highest BCUT2D eigenvalue weighted by Crippen LogP contribution is 2.26. The highest BCUT2D eigenvalue weighted by molar-refractivity contribution is 5.41. The summed E-state index contributed by atoms with van der Waals surface area (Å²) in [6.07, 6.45) is 3.40. The quantitative estimate of drug-likeness (QED) is 0.769. The molecule has 1 N–H and O–H groups in total. The predicted molar refractivity (Wildman–Crippen MR) is 71.9 cm³/mol. The van der Waals surface area contributed by atoms with Crippen LogP contribution < -0.4 is 5.32 Å². The van der Waals surface area contributed by atoms with Crippen LogP contribution in [0.5, 0.6) is 0 Å². The second-order valence-electron chi connectivity index (χ2n) is 4.17. The Bertz CT molecular complexity index is 313. The zero-order chi connectivity index (χ0) is 14.1. The van der Waals surface area contributed by atoms with Gasteiger partial charge in [-0.3, -0.25) is 4.79 Å². The molecule has 3 unspecified atom stereocenters. The minimum absolute atomic E-state index is 0.0502. The van der Waals surface area contributed by atoms with Crippen molar-refractivity contribution in [3.05, 3.63) is 23.6 Å². The molecule has 0 aliphatic heterocycles. The van der Waals surface area contributed by atoms with Crippen molar-refractivity contribution in [3.8, 4) is 0 Å². The maximum absolute atomic E-state index is 13.3. The van der Waals surface area contributed by atoms with E-state index in [0.29, 0.717) is 12.9 Å². The number of ether oxygens (including phenoxy) is 1. The van der Waals surface area contributed by atoms with Crippen LogP contribution in [0.1, 0.15) is 34.1 Å². The minimum atomic E-state index is -0.434. The second-order valence-corrected chi connectivity index (χ2v) is 4.17. The molecule has 3 atom stereocenters. The highest BCUT2D eigenvalue weighted by atomic mass is 19.1. The molecule has 0 aromatic rings. The van der Waals surface area contributed by atoms with E-state index in [1.807, 2.05) is 33.8 Å². The molecule has 0 aromatic heterocycles. The second kappa shape index (κ2) is 8.86. The van der Waals surface area contributed by atoms with E-state index < -0.39 is 6.10 Å². The molecule has 1 rings (SSSR count). The fourth-order valence-corrected chi connectivity index (χ4v) is 1.86. The third-order valence-corrected chi connectivity index (χ3v) is 2.76. The Morgan fingerprint density at radius 1 is 1.56 bits per heavy atom. The average Bonchev–Trinajstić information content (AvgIpc) is 2.36. The van der Waals surface area contributed by atoms with E-state index in [4.69, 9.17) is 4.74 Å². The number of likely N-dealkylation sites (N-methyl/N-ethyl adjacent to an activating group) is 1. The number of allylic oxidation sites excluding steroid dienone is 2. The topological polar surface area (TPSA) is 38.3 Å². The zero-order valence-electron chi connectivity index (χ0n) is 11.9. The summed E-state index contributed by atoms with van der Waals surface area (Å²) in [5, 5.41) is 3.00. The summed E-state index contributed by atoms with van der Waals surface area (Å²) in [4.78, 5) is 10.4. The van der Waals surface area contributed by atoms with Gasteiger partial charge in [-0.2, -0.15) is 0 Å².